The second kappa shape index (κ2) is 6.17. The van der Waals surface area contributed by atoms with Gasteiger partial charge in [0.2, 0.25) is 9.84 Å². The smallest absolute Gasteiger partial charge is 0.208 e. The highest BCUT2D eigenvalue weighted by Gasteiger charge is 2.22. The summed E-state index contributed by atoms with van der Waals surface area (Å²) in [6, 6.07) is 9.84. The number of nitrogens with one attached hydrogen (secondary N) is 1. The standard InChI is InChI=1S/C16H18FN3O2S/c17-12-2-1-3-14(10-12)23(21,22)16-5-4-13(11-15(16)18)20-8-6-19-7-9-20/h1-5,10-11,19H,6-9,18H2. The van der Waals surface area contributed by atoms with Gasteiger partial charge < -0.3 is 16.0 Å². The first-order valence-corrected chi connectivity index (χ1v) is 8.82. The molecule has 7 heteroatoms. The lowest BCUT2D eigenvalue weighted by Gasteiger charge is -2.29. The molecule has 3 N–H and O–H groups in total. The Morgan fingerprint density at radius 3 is 2.48 bits per heavy atom. The van der Waals surface area contributed by atoms with Crippen LogP contribution in [0.25, 0.3) is 0 Å². The van der Waals surface area contributed by atoms with E-state index in [9.17, 15) is 12.8 Å². The van der Waals surface area contributed by atoms with Gasteiger partial charge in [0.05, 0.1) is 15.5 Å². The summed E-state index contributed by atoms with van der Waals surface area (Å²) >= 11 is 0. The molecule has 1 aliphatic heterocycles. The fraction of sp³-hybridized carbons (Fsp3) is 0.250. The molecule has 0 amide bonds. The summed E-state index contributed by atoms with van der Waals surface area (Å²) in [5.41, 5.74) is 7.04. The van der Waals surface area contributed by atoms with Crippen LogP contribution in [0.5, 0.6) is 0 Å². The highest BCUT2D eigenvalue weighted by molar-refractivity contribution is 7.91. The van der Waals surface area contributed by atoms with Gasteiger partial charge >= 0.3 is 0 Å². The number of nitrogens with two attached hydrogens (primary N) is 1. The summed E-state index contributed by atoms with van der Waals surface area (Å²) in [5.74, 6) is -0.595. The van der Waals surface area contributed by atoms with Crippen molar-refractivity contribution in [3.8, 4) is 0 Å². The van der Waals surface area contributed by atoms with E-state index in [2.05, 4.69) is 10.2 Å². The lowest BCUT2D eigenvalue weighted by Crippen LogP contribution is -2.43. The first-order chi connectivity index (χ1) is 11.0. The van der Waals surface area contributed by atoms with Crippen molar-refractivity contribution in [2.24, 2.45) is 0 Å². The topological polar surface area (TPSA) is 75.4 Å². The SMILES string of the molecule is Nc1cc(N2CCNCC2)ccc1S(=O)(=O)c1cccc(F)c1. The Balaban J connectivity index is 1.97. The minimum atomic E-state index is -3.84. The second-order valence-corrected chi connectivity index (χ2v) is 7.34. The van der Waals surface area contributed by atoms with Crippen LogP contribution in [0.3, 0.4) is 0 Å². The number of nitrogens with zero attached hydrogens (tertiary/aromatic N) is 1. The van der Waals surface area contributed by atoms with E-state index in [1.807, 2.05) is 0 Å². The molecule has 5 nitrogen and oxygen atoms in total. The summed E-state index contributed by atoms with van der Waals surface area (Å²) in [6.07, 6.45) is 0. The van der Waals surface area contributed by atoms with E-state index in [0.29, 0.717) is 0 Å². The van der Waals surface area contributed by atoms with Crippen LogP contribution in [0, 0.1) is 5.82 Å². The normalized spacial score (nSPS) is 15.6. The average Bonchev–Trinajstić information content (AvgIpc) is 2.55. The molecule has 0 aromatic heterocycles. The highest BCUT2D eigenvalue weighted by atomic mass is 32.2. The maximum atomic E-state index is 13.3. The van der Waals surface area contributed by atoms with Gasteiger partial charge in [0, 0.05) is 31.9 Å². The minimum absolute atomic E-state index is 0.00184. The Hall–Kier alpha value is -2.12. The lowest BCUT2D eigenvalue weighted by atomic mass is 10.2. The van der Waals surface area contributed by atoms with Gasteiger partial charge in [-0.2, -0.15) is 0 Å². The molecule has 0 bridgehead atoms. The molecule has 0 saturated carbocycles. The molecule has 1 aliphatic rings. The van der Waals surface area contributed by atoms with Crippen LogP contribution >= 0.6 is 0 Å². The zero-order valence-corrected chi connectivity index (χ0v) is 13.3. The van der Waals surface area contributed by atoms with E-state index in [-0.39, 0.29) is 15.5 Å². The summed E-state index contributed by atoms with van der Waals surface area (Å²) in [5, 5.41) is 3.26. The fourth-order valence-electron chi connectivity index (χ4n) is 2.66. The van der Waals surface area contributed by atoms with Gasteiger partial charge in [-0.1, -0.05) is 6.07 Å². The summed E-state index contributed by atoms with van der Waals surface area (Å²) < 4.78 is 38.6. The number of halogens is 1. The summed E-state index contributed by atoms with van der Waals surface area (Å²) in [4.78, 5) is 2.05. The number of nitrogen functional groups attached to an aromatic ring is 1. The Labute approximate surface area is 134 Å². The second-order valence-electron chi connectivity index (χ2n) is 5.42. The maximum absolute atomic E-state index is 13.3. The van der Waals surface area contributed by atoms with E-state index in [0.717, 1.165) is 37.9 Å². The fourth-order valence-corrected chi connectivity index (χ4v) is 4.06. The van der Waals surface area contributed by atoms with Crippen molar-refractivity contribution in [3.63, 3.8) is 0 Å². The Bertz CT molecular complexity index is 818. The van der Waals surface area contributed by atoms with Crippen molar-refractivity contribution in [1.29, 1.82) is 0 Å². The third-order valence-corrected chi connectivity index (χ3v) is 5.70. The lowest BCUT2D eigenvalue weighted by molar-refractivity contribution is 0.588. The minimum Gasteiger partial charge on any atom is -0.398 e. The van der Waals surface area contributed by atoms with Crippen molar-refractivity contribution >= 4 is 21.2 Å². The van der Waals surface area contributed by atoms with E-state index < -0.39 is 15.7 Å². The van der Waals surface area contributed by atoms with E-state index in [1.165, 1.54) is 24.3 Å². The Morgan fingerprint density at radius 1 is 1.09 bits per heavy atom. The maximum Gasteiger partial charge on any atom is 0.208 e. The van der Waals surface area contributed by atoms with Gasteiger partial charge in [-0.05, 0) is 36.4 Å². The molecule has 23 heavy (non-hydrogen) atoms. The third kappa shape index (κ3) is 3.16. The first kappa shape index (κ1) is 15.8. The summed E-state index contributed by atoms with van der Waals surface area (Å²) in [7, 11) is -3.84. The van der Waals surface area contributed by atoms with Crippen LogP contribution in [-0.2, 0) is 9.84 Å². The van der Waals surface area contributed by atoms with Crippen molar-refractivity contribution in [3.05, 3.63) is 48.3 Å². The van der Waals surface area contributed by atoms with E-state index >= 15 is 0 Å². The van der Waals surface area contributed by atoms with Crippen molar-refractivity contribution in [1.82, 2.24) is 5.32 Å². The molecule has 1 fully saturated rings. The van der Waals surface area contributed by atoms with Crippen LogP contribution in [0.4, 0.5) is 15.8 Å². The molecule has 122 valence electrons. The van der Waals surface area contributed by atoms with Gasteiger partial charge in [0.25, 0.3) is 0 Å². The van der Waals surface area contributed by atoms with Crippen molar-refractivity contribution in [2.75, 3.05) is 36.8 Å². The van der Waals surface area contributed by atoms with Crippen LogP contribution in [0.15, 0.2) is 52.3 Å². The van der Waals surface area contributed by atoms with Gasteiger partial charge in [0.15, 0.2) is 0 Å². The number of sulfone groups is 1. The number of rotatable bonds is 3. The molecular weight excluding hydrogens is 317 g/mol. The zero-order chi connectivity index (χ0) is 16.4. The first-order valence-electron chi connectivity index (χ1n) is 7.34. The zero-order valence-electron chi connectivity index (χ0n) is 12.5. The quantitative estimate of drug-likeness (QED) is 0.834. The van der Waals surface area contributed by atoms with Gasteiger partial charge in [-0.15, -0.1) is 0 Å². The molecular formula is C16H18FN3O2S. The van der Waals surface area contributed by atoms with E-state index in [1.54, 1.807) is 12.1 Å². The van der Waals surface area contributed by atoms with Gasteiger partial charge in [-0.25, -0.2) is 12.8 Å². The molecule has 0 atom stereocenters. The monoisotopic (exact) mass is 335 g/mol. The predicted octanol–water partition coefficient (Wildman–Crippen LogP) is 1.65. The van der Waals surface area contributed by atoms with Crippen LogP contribution in [0.1, 0.15) is 0 Å². The molecule has 3 rings (SSSR count). The van der Waals surface area contributed by atoms with Gasteiger partial charge in [-0.3, -0.25) is 0 Å². The Kier molecular flexibility index (Phi) is 4.23. The predicted molar refractivity (Wildman–Crippen MR) is 87.8 cm³/mol. The van der Waals surface area contributed by atoms with Crippen molar-refractivity contribution in [2.45, 2.75) is 9.79 Å². The van der Waals surface area contributed by atoms with Crippen LogP contribution < -0.4 is 16.0 Å². The third-order valence-electron chi connectivity index (χ3n) is 3.87. The number of hydrogen-bond acceptors (Lipinski definition) is 5. The molecule has 2 aromatic carbocycles. The summed E-state index contributed by atoms with van der Waals surface area (Å²) in [6.45, 7) is 3.44. The van der Waals surface area contributed by atoms with Crippen LogP contribution in [-0.4, -0.2) is 34.6 Å². The number of benzene rings is 2. The highest BCUT2D eigenvalue weighted by Crippen LogP contribution is 2.29. The number of piperazine rings is 1. The number of anilines is 2. The molecule has 1 saturated heterocycles. The van der Waals surface area contributed by atoms with E-state index in [4.69, 9.17) is 5.73 Å². The molecule has 0 spiro atoms. The molecule has 0 radical (unpaired) electrons. The number of hydrogen-bond donors (Lipinski definition) is 2. The van der Waals surface area contributed by atoms with Crippen LogP contribution in [0.2, 0.25) is 0 Å². The average molecular weight is 335 g/mol. The van der Waals surface area contributed by atoms with Gasteiger partial charge in [0.1, 0.15) is 5.82 Å². The molecule has 1 heterocycles. The van der Waals surface area contributed by atoms with Crippen molar-refractivity contribution < 1.29 is 12.8 Å². The Morgan fingerprint density at radius 2 is 1.83 bits per heavy atom. The molecule has 0 aliphatic carbocycles. The largest absolute Gasteiger partial charge is 0.398 e. The molecule has 0 unspecified atom stereocenters. The molecule has 2 aromatic rings.